The van der Waals surface area contributed by atoms with Crippen molar-refractivity contribution in [1.82, 2.24) is 14.9 Å². The Morgan fingerprint density at radius 2 is 1.95 bits per heavy atom. The van der Waals surface area contributed by atoms with E-state index in [0.717, 1.165) is 5.56 Å². The van der Waals surface area contributed by atoms with Crippen LogP contribution in [-0.2, 0) is 16.6 Å². The van der Waals surface area contributed by atoms with Crippen molar-refractivity contribution in [2.75, 3.05) is 27.2 Å². The monoisotopic (exact) mass is 377 g/mol. The summed E-state index contributed by atoms with van der Waals surface area (Å²) >= 11 is 3.35. The molecule has 0 spiro atoms. The van der Waals surface area contributed by atoms with E-state index in [1.807, 2.05) is 31.1 Å². The molecule has 120 valence electrons. The molecule has 7 heteroatoms. The number of hydrogen-bond acceptors (Lipinski definition) is 4. The molecule has 0 aliphatic carbocycles. The van der Waals surface area contributed by atoms with E-state index >= 15 is 0 Å². The highest BCUT2D eigenvalue weighted by Crippen LogP contribution is 2.23. The van der Waals surface area contributed by atoms with E-state index in [1.54, 1.807) is 6.07 Å². The normalized spacial score (nSPS) is 12.3. The Morgan fingerprint density at radius 1 is 1.29 bits per heavy atom. The molecule has 0 amide bonds. The van der Waals surface area contributed by atoms with E-state index in [0.29, 0.717) is 30.1 Å². The summed E-state index contributed by atoms with van der Waals surface area (Å²) in [5.74, 6) is 0. The van der Waals surface area contributed by atoms with E-state index < -0.39 is 10.0 Å². The van der Waals surface area contributed by atoms with Gasteiger partial charge in [-0.3, -0.25) is 0 Å². The van der Waals surface area contributed by atoms with Crippen LogP contribution in [0.3, 0.4) is 0 Å². The number of nitrogens with zero attached hydrogens (tertiary/aromatic N) is 1. The quantitative estimate of drug-likeness (QED) is 0.724. The molecule has 1 aromatic carbocycles. The molecule has 21 heavy (non-hydrogen) atoms. The molecule has 0 aliphatic rings. The van der Waals surface area contributed by atoms with Crippen molar-refractivity contribution in [3.63, 3.8) is 0 Å². The Bertz CT molecular complexity index is 559. The Morgan fingerprint density at radius 3 is 2.48 bits per heavy atom. The lowest BCUT2D eigenvalue weighted by Gasteiger charge is -2.13. The Hall–Kier alpha value is -0.470. The highest BCUT2D eigenvalue weighted by molar-refractivity contribution is 9.10. The summed E-state index contributed by atoms with van der Waals surface area (Å²) in [5.41, 5.74) is 1.04. The minimum absolute atomic E-state index is 0.273. The average molecular weight is 378 g/mol. The fourth-order valence-corrected chi connectivity index (χ4v) is 3.82. The van der Waals surface area contributed by atoms with Crippen molar-refractivity contribution in [3.05, 3.63) is 28.2 Å². The first-order valence-corrected chi connectivity index (χ1v) is 9.16. The maximum absolute atomic E-state index is 12.2. The van der Waals surface area contributed by atoms with Crippen LogP contribution in [0.15, 0.2) is 27.6 Å². The predicted octanol–water partition coefficient (Wildman–Crippen LogP) is 1.79. The minimum atomic E-state index is -3.48. The van der Waals surface area contributed by atoms with E-state index in [1.165, 1.54) is 0 Å². The van der Waals surface area contributed by atoms with E-state index in [9.17, 15) is 8.42 Å². The van der Waals surface area contributed by atoms with Crippen LogP contribution in [0.5, 0.6) is 0 Å². The third-order valence-corrected chi connectivity index (χ3v) is 5.29. The van der Waals surface area contributed by atoms with Gasteiger partial charge in [0.05, 0.1) is 4.90 Å². The Balaban J connectivity index is 2.78. The first-order valence-electron chi connectivity index (χ1n) is 6.88. The van der Waals surface area contributed by atoms with Gasteiger partial charge in [-0.15, -0.1) is 0 Å². The van der Waals surface area contributed by atoms with Crippen LogP contribution < -0.4 is 10.0 Å². The van der Waals surface area contributed by atoms with Crippen LogP contribution in [0.1, 0.15) is 19.4 Å². The summed E-state index contributed by atoms with van der Waals surface area (Å²) < 4.78 is 27.7. The second-order valence-electron chi connectivity index (χ2n) is 5.50. The number of hydrogen-bond donors (Lipinski definition) is 2. The van der Waals surface area contributed by atoms with Crippen molar-refractivity contribution in [2.45, 2.75) is 31.3 Å². The van der Waals surface area contributed by atoms with Crippen molar-refractivity contribution in [1.29, 1.82) is 0 Å². The number of rotatable bonds is 8. The second-order valence-corrected chi connectivity index (χ2v) is 8.09. The van der Waals surface area contributed by atoms with E-state index in [2.05, 4.69) is 39.8 Å². The van der Waals surface area contributed by atoms with Gasteiger partial charge < -0.3 is 10.2 Å². The van der Waals surface area contributed by atoms with Gasteiger partial charge in [-0.05, 0) is 47.7 Å². The third-order valence-electron chi connectivity index (χ3n) is 2.85. The van der Waals surface area contributed by atoms with Crippen LogP contribution in [0, 0.1) is 0 Å². The molecule has 0 saturated heterocycles. The maximum Gasteiger partial charge on any atom is 0.241 e. The summed E-state index contributed by atoms with van der Waals surface area (Å²) in [6, 6.07) is 5.70. The Labute approximate surface area is 136 Å². The Kier molecular flexibility index (Phi) is 7.29. The summed E-state index contributed by atoms with van der Waals surface area (Å²) in [6.45, 7) is 5.90. The molecule has 0 saturated carbocycles. The lowest BCUT2D eigenvalue weighted by Crippen LogP contribution is -2.31. The van der Waals surface area contributed by atoms with Crippen molar-refractivity contribution in [2.24, 2.45) is 0 Å². The largest absolute Gasteiger partial charge is 0.310 e. The van der Waals surface area contributed by atoms with Gasteiger partial charge >= 0.3 is 0 Å². The van der Waals surface area contributed by atoms with Gasteiger partial charge in [-0.2, -0.15) is 0 Å². The summed E-state index contributed by atoms with van der Waals surface area (Å²) in [7, 11) is 0.328. The molecular formula is C14H24BrN3O2S. The van der Waals surface area contributed by atoms with Gasteiger partial charge in [0, 0.05) is 30.1 Å². The molecule has 2 N–H and O–H groups in total. The molecule has 0 atom stereocenters. The van der Waals surface area contributed by atoms with E-state index in [-0.39, 0.29) is 4.90 Å². The number of sulfonamides is 1. The molecular weight excluding hydrogens is 354 g/mol. The van der Waals surface area contributed by atoms with E-state index in [4.69, 9.17) is 0 Å². The number of halogens is 1. The predicted molar refractivity (Wildman–Crippen MR) is 89.9 cm³/mol. The molecule has 5 nitrogen and oxygen atoms in total. The van der Waals surface area contributed by atoms with Gasteiger partial charge in [0.25, 0.3) is 0 Å². The zero-order chi connectivity index (χ0) is 16.0. The van der Waals surface area contributed by atoms with Crippen LogP contribution in [-0.4, -0.2) is 46.5 Å². The first-order chi connectivity index (χ1) is 9.72. The summed E-state index contributed by atoms with van der Waals surface area (Å²) in [6.07, 6.45) is 0. The summed E-state index contributed by atoms with van der Waals surface area (Å²) in [4.78, 5) is 2.20. The van der Waals surface area contributed by atoms with Crippen LogP contribution in [0.25, 0.3) is 0 Å². The zero-order valence-electron chi connectivity index (χ0n) is 13.0. The molecule has 0 heterocycles. The molecule has 0 radical (unpaired) electrons. The molecule has 1 rings (SSSR count). The van der Waals surface area contributed by atoms with Crippen LogP contribution in [0.4, 0.5) is 0 Å². The highest BCUT2D eigenvalue weighted by Gasteiger charge is 2.17. The van der Waals surface area contributed by atoms with Crippen molar-refractivity contribution in [3.8, 4) is 0 Å². The number of likely N-dealkylation sites (N-methyl/N-ethyl adjacent to an activating group) is 1. The summed E-state index contributed by atoms with van der Waals surface area (Å²) in [5, 5.41) is 3.30. The van der Waals surface area contributed by atoms with Gasteiger partial charge in [0.1, 0.15) is 0 Å². The lowest BCUT2D eigenvalue weighted by atomic mass is 10.2. The SMILES string of the molecule is CC(C)NCc1ccc(S(=O)(=O)NCCN(C)C)c(Br)c1. The minimum Gasteiger partial charge on any atom is -0.310 e. The fraction of sp³-hybridized carbons (Fsp3) is 0.571. The molecule has 0 fully saturated rings. The molecule has 0 aliphatic heterocycles. The highest BCUT2D eigenvalue weighted by atomic mass is 79.9. The van der Waals surface area contributed by atoms with Crippen LogP contribution in [0.2, 0.25) is 0 Å². The number of benzene rings is 1. The van der Waals surface area contributed by atoms with Crippen molar-refractivity contribution >= 4 is 26.0 Å². The maximum atomic E-state index is 12.2. The average Bonchev–Trinajstić information content (AvgIpc) is 2.35. The number of nitrogens with one attached hydrogen (secondary N) is 2. The standard InChI is InChI=1S/C14H24BrN3O2S/c1-11(2)16-10-12-5-6-14(13(15)9-12)21(19,20)17-7-8-18(3)4/h5-6,9,11,16-17H,7-8,10H2,1-4H3. The van der Waals surface area contributed by atoms with Gasteiger partial charge in [-0.25, -0.2) is 13.1 Å². The molecule has 0 aromatic heterocycles. The topological polar surface area (TPSA) is 61.4 Å². The lowest BCUT2D eigenvalue weighted by molar-refractivity contribution is 0.412. The molecule has 0 unspecified atom stereocenters. The third kappa shape index (κ3) is 6.44. The first kappa shape index (κ1) is 18.6. The molecule has 0 bridgehead atoms. The van der Waals surface area contributed by atoms with Gasteiger partial charge in [0.2, 0.25) is 10.0 Å². The van der Waals surface area contributed by atoms with Gasteiger partial charge in [-0.1, -0.05) is 19.9 Å². The van der Waals surface area contributed by atoms with Crippen LogP contribution >= 0.6 is 15.9 Å². The zero-order valence-corrected chi connectivity index (χ0v) is 15.4. The second kappa shape index (κ2) is 8.24. The smallest absolute Gasteiger partial charge is 0.241 e. The van der Waals surface area contributed by atoms with Gasteiger partial charge in [0.15, 0.2) is 0 Å². The molecule has 1 aromatic rings. The fourth-order valence-electron chi connectivity index (χ4n) is 1.68. The van der Waals surface area contributed by atoms with Crippen molar-refractivity contribution < 1.29 is 8.42 Å².